The lowest BCUT2D eigenvalue weighted by Gasteiger charge is -2.10. The van der Waals surface area contributed by atoms with Crippen molar-refractivity contribution in [3.8, 4) is 0 Å². The summed E-state index contributed by atoms with van der Waals surface area (Å²) in [6.45, 7) is 2.24. The summed E-state index contributed by atoms with van der Waals surface area (Å²) in [5.41, 5.74) is 5.10. The van der Waals surface area contributed by atoms with Crippen LogP contribution in [0.3, 0.4) is 0 Å². The zero-order valence-electron chi connectivity index (χ0n) is 14.8. The maximum Gasteiger partial charge on any atom is 0.217 e. The van der Waals surface area contributed by atoms with Crippen molar-refractivity contribution in [1.82, 2.24) is 0 Å². The van der Waals surface area contributed by atoms with Crippen LogP contribution in [0.25, 0.3) is 0 Å². The Bertz CT molecular complexity index is 244. The number of rotatable bonds is 17. The van der Waals surface area contributed by atoms with E-state index in [4.69, 9.17) is 5.73 Å². The van der Waals surface area contributed by atoms with Crippen LogP contribution in [-0.4, -0.2) is 17.1 Å². The Hall–Kier alpha value is -0.570. The first-order chi connectivity index (χ1) is 10.7. The molecule has 0 saturated heterocycles. The minimum Gasteiger partial charge on any atom is -0.393 e. The van der Waals surface area contributed by atoms with Gasteiger partial charge in [0.2, 0.25) is 5.91 Å². The van der Waals surface area contributed by atoms with Crippen molar-refractivity contribution in [3.63, 3.8) is 0 Å². The monoisotopic (exact) mass is 313 g/mol. The third kappa shape index (κ3) is 17.5. The van der Waals surface area contributed by atoms with Crippen molar-refractivity contribution in [2.45, 2.75) is 116 Å². The molecule has 0 radical (unpaired) electrons. The number of hydrogen-bond donors (Lipinski definition) is 2. The standard InChI is InChI=1S/C19H39NO2/c1-2-3-4-5-9-12-15-18(21)16-13-10-7-6-8-11-14-17-19(20)22/h18,21H,2-17H2,1H3,(H2,20,22). The summed E-state index contributed by atoms with van der Waals surface area (Å²) in [6.07, 6.45) is 18.3. The van der Waals surface area contributed by atoms with Crippen LogP contribution in [0.1, 0.15) is 110 Å². The molecule has 0 aromatic rings. The predicted octanol–water partition coefficient (Wildman–Crippen LogP) is 5.09. The van der Waals surface area contributed by atoms with E-state index in [9.17, 15) is 9.90 Å². The fraction of sp³-hybridized carbons (Fsp3) is 0.947. The normalized spacial score (nSPS) is 12.5. The van der Waals surface area contributed by atoms with Gasteiger partial charge < -0.3 is 10.8 Å². The van der Waals surface area contributed by atoms with E-state index in [1.807, 2.05) is 0 Å². The number of carbonyl (C=O) groups is 1. The molecule has 0 aromatic heterocycles. The first-order valence-corrected chi connectivity index (χ1v) is 9.63. The first-order valence-electron chi connectivity index (χ1n) is 9.63. The highest BCUT2D eigenvalue weighted by Gasteiger charge is 2.03. The van der Waals surface area contributed by atoms with Crippen LogP contribution < -0.4 is 5.73 Å². The molecule has 1 atom stereocenters. The van der Waals surface area contributed by atoms with Crippen molar-refractivity contribution in [1.29, 1.82) is 0 Å². The van der Waals surface area contributed by atoms with Gasteiger partial charge in [-0.1, -0.05) is 84.0 Å². The van der Waals surface area contributed by atoms with Crippen LogP contribution in [0.4, 0.5) is 0 Å². The molecule has 0 saturated carbocycles. The summed E-state index contributed by atoms with van der Waals surface area (Å²) in [6, 6.07) is 0. The molecular formula is C19H39NO2. The molecular weight excluding hydrogens is 274 g/mol. The van der Waals surface area contributed by atoms with Crippen LogP contribution in [0.5, 0.6) is 0 Å². The SMILES string of the molecule is CCCCCCCCC(O)CCCCCCCCCC(N)=O. The molecule has 3 N–H and O–H groups in total. The van der Waals surface area contributed by atoms with Gasteiger partial charge >= 0.3 is 0 Å². The maximum atomic E-state index is 10.6. The van der Waals surface area contributed by atoms with E-state index in [1.165, 1.54) is 64.2 Å². The number of aliphatic hydroxyl groups excluding tert-OH is 1. The van der Waals surface area contributed by atoms with Crippen LogP contribution in [0.15, 0.2) is 0 Å². The van der Waals surface area contributed by atoms with Gasteiger partial charge in [0.15, 0.2) is 0 Å². The van der Waals surface area contributed by atoms with Gasteiger partial charge in [-0.15, -0.1) is 0 Å². The molecule has 0 aromatic carbocycles. The Balaban J connectivity index is 3.15. The predicted molar refractivity (Wildman–Crippen MR) is 94.7 cm³/mol. The topological polar surface area (TPSA) is 63.3 Å². The summed E-state index contributed by atoms with van der Waals surface area (Å²) in [4.78, 5) is 10.6. The van der Waals surface area contributed by atoms with Gasteiger partial charge in [0.25, 0.3) is 0 Å². The van der Waals surface area contributed by atoms with Gasteiger partial charge in [-0.05, 0) is 19.3 Å². The smallest absolute Gasteiger partial charge is 0.217 e. The number of hydrogen-bond acceptors (Lipinski definition) is 2. The van der Waals surface area contributed by atoms with Crippen LogP contribution in [0, 0.1) is 0 Å². The minimum atomic E-state index is -0.181. The molecule has 3 heteroatoms. The highest BCUT2D eigenvalue weighted by molar-refractivity contribution is 5.73. The van der Waals surface area contributed by atoms with E-state index in [-0.39, 0.29) is 12.0 Å². The van der Waals surface area contributed by atoms with E-state index in [2.05, 4.69) is 6.92 Å². The molecule has 0 aliphatic heterocycles. The third-order valence-corrected chi connectivity index (χ3v) is 4.35. The fourth-order valence-electron chi connectivity index (χ4n) is 2.87. The number of amides is 1. The Labute approximate surface area is 138 Å². The lowest BCUT2D eigenvalue weighted by Crippen LogP contribution is -2.09. The quantitative estimate of drug-likeness (QED) is 0.367. The molecule has 0 aliphatic carbocycles. The van der Waals surface area contributed by atoms with Crippen LogP contribution >= 0.6 is 0 Å². The molecule has 0 bridgehead atoms. The molecule has 1 amide bonds. The number of unbranched alkanes of at least 4 members (excludes halogenated alkanes) is 11. The largest absolute Gasteiger partial charge is 0.393 e. The van der Waals surface area contributed by atoms with Crippen molar-refractivity contribution < 1.29 is 9.90 Å². The molecule has 0 rings (SSSR count). The molecule has 0 spiro atoms. The van der Waals surface area contributed by atoms with E-state index in [1.54, 1.807) is 0 Å². The van der Waals surface area contributed by atoms with Gasteiger partial charge in [0.1, 0.15) is 0 Å². The molecule has 132 valence electrons. The van der Waals surface area contributed by atoms with Crippen molar-refractivity contribution >= 4 is 5.91 Å². The Morgan fingerprint density at radius 2 is 1.18 bits per heavy atom. The summed E-state index contributed by atoms with van der Waals surface area (Å²) < 4.78 is 0. The minimum absolute atomic E-state index is 0.0817. The van der Waals surface area contributed by atoms with E-state index in [0.29, 0.717) is 6.42 Å². The maximum absolute atomic E-state index is 10.6. The average Bonchev–Trinajstić information content (AvgIpc) is 2.48. The second-order valence-corrected chi connectivity index (χ2v) is 6.69. The van der Waals surface area contributed by atoms with E-state index in [0.717, 1.165) is 32.1 Å². The van der Waals surface area contributed by atoms with Crippen LogP contribution in [-0.2, 0) is 4.79 Å². The first kappa shape index (κ1) is 21.4. The van der Waals surface area contributed by atoms with Gasteiger partial charge in [-0.25, -0.2) is 0 Å². The summed E-state index contributed by atoms with van der Waals surface area (Å²) in [7, 11) is 0. The highest BCUT2D eigenvalue weighted by Crippen LogP contribution is 2.14. The van der Waals surface area contributed by atoms with Gasteiger partial charge in [-0.2, -0.15) is 0 Å². The van der Waals surface area contributed by atoms with Gasteiger partial charge in [0.05, 0.1) is 6.10 Å². The van der Waals surface area contributed by atoms with Crippen molar-refractivity contribution in [2.24, 2.45) is 5.73 Å². The summed E-state index contributed by atoms with van der Waals surface area (Å²) in [5, 5.41) is 9.93. The fourth-order valence-corrected chi connectivity index (χ4v) is 2.87. The highest BCUT2D eigenvalue weighted by atomic mass is 16.3. The number of carbonyl (C=O) groups excluding carboxylic acids is 1. The van der Waals surface area contributed by atoms with Gasteiger partial charge in [0, 0.05) is 6.42 Å². The molecule has 0 fully saturated rings. The second-order valence-electron chi connectivity index (χ2n) is 6.69. The number of aliphatic hydroxyl groups is 1. The average molecular weight is 314 g/mol. The zero-order valence-corrected chi connectivity index (χ0v) is 14.8. The lowest BCUT2D eigenvalue weighted by molar-refractivity contribution is -0.118. The zero-order chi connectivity index (χ0) is 16.5. The molecule has 22 heavy (non-hydrogen) atoms. The molecule has 0 aliphatic rings. The lowest BCUT2D eigenvalue weighted by atomic mass is 10.0. The van der Waals surface area contributed by atoms with E-state index < -0.39 is 0 Å². The van der Waals surface area contributed by atoms with Crippen molar-refractivity contribution in [2.75, 3.05) is 0 Å². The van der Waals surface area contributed by atoms with Gasteiger partial charge in [-0.3, -0.25) is 4.79 Å². The molecule has 0 heterocycles. The van der Waals surface area contributed by atoms with Crippen molar-refractivity contribution in [3.05, 3.63) is 0 Å². The molecule has 3 nitrogen and oxygen atoms in total. The van der Waals surface area contributed by atoms with E-state index >= 15 is 0 Å². The Morgan fingerprint density at radius 3 is 1.64 bits per heavy atom. The summed E-state index contributed by atoms with van der Waals surface area (Å²) in [5.74, 6) is -0.181. The second kappa shape index (κ2) is 16.8. The molecule has 1 unspecified atom stereocenters. The summed E-state index contributed by atoms with van der Waals surface area (Å²) >= 11 is 0. The number of nitrogens with two attached hydrogens (primary N) is 1. The van der Waals surface area contributed by atoms with Crippen LogP contribution in [0.2, 0.25) is 0 Å². The Kier molecular flexibility index (Phi) is 16.4. The Morgan fingerprint density at radius 1 is 0.773 bits per heavy atom. The third-order valence-electron chi connectivity index (χ3n) is 4.35. The number of primary amides is 1.